The summed E-state index contributed by atoms with van der Waals surface area (Å²) in [6, 6.07) is 11.2. The van der Waals surface area contributed by atoms with Crippen LogP contribution in [0.25, 0.3) is 21.1 Å². The van der Waals surface area contributed by atoms with Crippen molar-refractivity contribution < 1.29 is 17.9 Å². The van der Waals surface area contributed by atoms with E-state index in [1.165, 1.54) is 30.0 Å². The van der Waals surface area contributed by atoms with Gasteiger partial charge in [0.15, 0.2) is 0 Å². The van der Waals surface area contributed by atoms with Gasteiger partial charge in [-0.25, -0.2) is 17.2 Å². The standard InChI is InChI=1S/C18H14N2O5S2/c1-19-15-8-7-11(9-16(15)26-18(19)22)27(23,24)20-10-13(17(21)25-2)12-5-3-4-6-14(12)20/h3-10H,1-2H3. The summed E-state index contributed by atoms with van der Waals surface area (Å²) < 4.78 is 34.4. The van der Waals surface area contributed by atoms with Crippen LogP contribution in [0.2, 0.25) is 0 Å². The van der Waals surface area contributed by atoms with Crippen LogP contribution in [0.5, 0.6) is 0 Å². The first kappa shape index (κ1) is 17.5. The zero-order valence-corrected chi connectivity index (χ0v) is 16.0. The fraction of sp³-hybridized carbons (Fsp3) is 0.111. The summed E-state index contributed by atoms with van der Waals surface area (Å²) in [5.41, 5.74) is 1.21. The molecule has 0 spiro atoms. The first-order valence-corrected chi connectivity index (χ1v) is 10.1. The molecule has 0 radical (unpaired) electrons. The number of hydrogen-bond acceptors (Lipinski definition) is 6. The molecule has 4 rings (SSSR count). The molecule has 0 fully saturated rings. The average molecular weight is 402 g/mol. The molecule has 2 heterocycles. The molecule has 0 N–H and O–H groups in total. The maximum absolute atomic E-state index is 13.2. The fourth-order valence-electron chi connectivity index (χ4n) is 3.01. The molecule has 7 nitrogen and oxygen atoms in total. The van der Waals surface area contributed by atoms with Gasteiger partial charge in [0, 0.05) is 18.6 Å². The fourth-order valence-corrected chi connectivity index (χ4v) is 5.40. The van der Waals surface area contributed by atoms with E-state index in [-0.39, 0.29) is 15.3 Å². The molecule has 0 saturated heterocycles. The molecule has 2 aromatic carbocycles. The van der Waals surface area contributed by atoms with E-state index in [2.05, 4.69) is 0 Å². The Morgan fingerprint density at radius 2 is 1.85 bits per heavy atom. The summed E-state index contributed by atoms with van der Waals surface area (Å²) in [6.45, 7) is 0. The Morgan fingerprint density at radius 1 is 1.11 bits per heavy atom. The molecule has 4 aromatic rings. The third-order valence-corrected chi connectivity index (χ3v) is 7.07. The summed E-state index contributed by atoms with van der Waals surface area (Å²) in [6.07, 6.45) is 1.27. The minimum atomic E-state index is -3.98. The number of fused-ring (bicyclic) bond motifs is 2. The van der Waals surface area contributed by atoms with Crippen molar-refractivity contribution >= 4 is 48.4 Å². The molecule has 0 unspecified atom stereocenters. The van der Waals surface area contributed by atoms with Crippen LogP contribution in [0, 0.1) is 0 Å². The van der Waals surface area contributed by atoms with Crippen molar-refractivity contribution in [3.8, 4) is 0 Å². The molecule has 0 aliphatic heterocycles. The van der Waals surface area contributed by atoms with E-state index in [9.17, 15) is 18.0 Å². The number of para-hydroxylation sites is 1. The van der Waals surface area contributed by atoms with Crippen molar-refractivity contribution in [3.05, 3.63) is 63.9 Å². The SMILES string of the molecule is COC(=O)c1cn(S(=O)(=O)c2ccc3c(c2)sc(=O)n3C)c2ccccc12. The predicted molar refractivity (Wildman–Crippen MR) is 103 cm³/mol. The normalized spacial score (nSPS) is 11.9. The molecule has 27 heavy (non-hydrogen) atoms. The number of ether oxygens (including phenoxy) is 1. The first-order valence-electron chi connectivity index (χ1n) is 7.88. The minimum Gasteiger partial charge on any atom is -0.465 e. The van der Waals surface area contributed by atoms with Crippen LogP contribution in [0.1, 0.15) is 10.4 Å². The highest BCUT2D eigenvalue weighted by Gasteiger charge is 2.24. The largest absolute Gasteiger partial charge is 0.465 e. The number of hydrogen-bond donors (Lipinski definition) is 0. The van der Waals surface area contributed by atoms with Gasteiger partial charge < -0.3 is 9.30 Å². The van der Waals surface area contributed by atoms with Gasteiger partial charge >= 0.3 is 10.8 Å². The number of aromatic nitrogens is 2. The van der Waals surface area contributed by atoms with Gasteiger partial charge in [-0.3, -0.25) is 4.79 Å². The Morgan fingerprint density at radius 3 is 2.59 bits per heavy atom. The zero-order valence-electron chi connectivity index (χ0n) is 14.4. The summed E-state index contributed by atoms with van der Waals surface area (Å²) in [4.78, 5) is 23.8. The van der Waals surface area contributed by atoms with Crippen LogP contribution in [-0.2, 0) is 21.8 Å². The highest BCUT2D eigenvalue weighted by Crippen LogP contribution is 2.28. The van der Waals surface area contributed by atoms with Gasteiger partial charge in [-0.1, -0.05) is 29.5 Å². The molecule has 0 amide bonds. The van der Waals surface area contributed by atoms with Gasteiger partial charge in [-0.05, 0) is 24.3 Å². The summed E-state index contributed by atoms with van der Waals surface area (Å²) in [7, 11) is -1.10. The molecule has 2 aromatic heterocycles. The van der Waals surface area contributed by atoms with Crippen LogP contribution in [0.3, 0.4) is 0 Å². The highest BCUT2D eigenvalue weighted by atomic mass is 32.2. The van der Waals surface area contributed by atoms with E-state index in [0.29, 0.717) is 21.1 Å². The molecular formula is C18H14N2O5S2. The van der Waals surface area contributed by atoms with Crippen molar-refractivity contribution in [2.24, 2.45) is 7.05 Å². The molecule has 0 aliphatic carbocycles. The number of nitrogens with zero attached hydrogens (tertiary/aromatic N) is 2. The molecule has 0 atom stereocenters. The van der Waals surface area contributed by atoms with Crippen LogP contribution in [0.4, 0.5) is 0 Å². The molecular weight excluding hydrogens is 388 g/mol. The smallest absolute Gasteiger partial charge is 0.340 e. The number of carbonyl (C=O) groups excluding carboxylic acids is 1. The predicted octanol–water partition coefficient (Wildman–Crippen LogP) is 2.58. The van der Waals surface area contributed by atoms with Gasteiger partial charge in [0.25, 0.3) is 10.0 Å². The monoisotopic (exact) mass is 402 g/mol. The van der Waals surface area contributed by atoms with Crippen molar-refractivity contribution in [1.29, 1.82) is 0 Å². The highest BCUT2D eigenvalue weighted by molar-refractivity contribution is 7.90. The molecule has 0 bridgehead atoms. The molecule has 9 heteroatoms. The molecule has 0 saturated carbocycles. The third-order valence-electron chi connectivity index (χ3n) is 4.40. The Hall–Kier alpha value is -2.91. The van der Waals surface area contributed by atoms with Gasteiger partial charge in [-0.2, -0.15) is 0 Å². The lowest BCUT2D eigenvalue weighted by atomic mass is 10.2. The second-order valence-electron chi connectivity index (χ2n) is 5.91. The lowest BCUT2D eigenvalue weighted by Crippen LogP contribution is -2.12. The summed E-state index contributed by atoms with van der Waals surface area (Å²) >= 11 is 0.981. The van der Waals surface area contributed by atoms with E-state index in [1.807, 2.05) is 0 Å². The van der Waals surface area contributed by atoms with Crippen molar-refractivity contribution in [2.75, 3.05) is 7.11 Å². The number of carbonyl (C=O) groups is 1. The number of rotatable bonds is 3. The lowest BCUT2D eigenvalue weighted by Gasteiger charge is -2.07. The Labute approximate surface area is 158 Å². The van der Waals surface area contributed by atoms with E-state index >= 15 is 0 Å². The second-order valence-corrected chi connectivity index (χ2v) is 8.72. The van der Waals surface area contributed by atoms with Gasteiger partial charge in [-0.15, -0.1) is 0 Å². The van der Waals surface area contributed by atoms with Gasteiger partial charge in [0.2, 0.25) is 0 Å². The number of thiazole rings is 1. The van der Waals surface area contributed by atoms with Gasteiger partial charge in [0.05, 0.1) is 33.3 Å². The quantitative estimate of drug-likeness (QED) is 0.492. The maximum atomic E-state index is 13.2. The molecule has 0 aliphatic rings. The maximum Gasteiger partial charge on any atom is 0.340 e. The lowest BCUT2D eigenvalue weighted by molar-refractivity contribution is 0.0603. The van der Waals surface area contributed by atoms with Crippen LogP contribution < -0.4 is 4.87 Å². The minimum absolute atomic E-state index is 0.0361. The van der Waals surface area contributed by atoms with Crippen molar-refractivity contribution in [3.63, 3.8) is 0 Å². The Kier molecular flexibility index (Phi) is 3.93. The number of benzene rings is 2. The van der Waals surface area contributed by atoms with Crippen LogP contribution in [-0.4, -0.2) is 30.0 Å². The van der Waals surface area contributed by atoms with Crippen molar-refractivity contribution in [2.45, 2.75) is 4.90 Å². The van der Waals surface area contributed by atoms with Gasteiger partial charge in [0.1, 0.15) is 0 Å². The number of esters is 1. The van der Waals surface area contributed by atoms with E-state index in [1.54, 1.807) is 37.4 Å². The summed E-state index contributed by atoms with van der Waals surface area (Å²) in [5.74, 6) is -0.614. The average Bonchev–Trinajstić information content (AvgIpc) is 3.19. The number of aryl methyl sites for hydroxylation is 1. The van der Waals surface area contributed by atoms with E-state index in [4.69, 9.17) is 4.74 Å². The summed E-state index contributed by atoms with van der Waals surface area (Å²) in [5, 5.41) is 0.485. The van der Waals surface area contributed by atoms with Crippen LogP contribution >= 0.6 is 11.3 Å². The van der Waals surface area contributed by atoms with Crippen LogP contribution in [0.15, 0.2) is 58.4 Å². The topological polar surface area (TPSA) is 87.4 Å². The van der Waals surface area contributed by atoms with Crippen molar-refractivity contribution in [1.82, 2.24) is 8.54 Å². The Balaban J connectivity index is 1.97. The zero-order chi connectivity index (χ0) is 19.3. The van der Waals surface area contributed by atoms with E-state index < -0.39 is 16.0 Å². The second kappa shape index (κ2) is 6.07. The molecule has 138 valence electrons. The first-order chi connectivity index (χ1) is 12.8. The van der Waals surface area contributed by atoms with E-state index in [0.717, 1.165) is 15.3 Å². The Bertz CT molecular complexity index is 1380. The number of methoxy groups -OCH3 is 1. The third kappa shape index (κ3) is 2.58.